The highest BCUT2D eigenvalue weighted by atomic mass is 35.5. The van der Waals surface area contributed by atoms with Gasteiger partial charge in [-0.25, -0.2) is 4.98 Å². The van der Waals surface area contributed by atoms with E-state index >= 15 is 0 Å². The quantitative estimate of drug-likeness (QED) is 0.791. The van der Waals surface area contributed by atoms with Gasteiger partial charge in [-0.2, -0.15) is 17.7 Å². The maximum absolute atomic E-state index is 12.2. The number of nitrogens with one attached hydrogen (secondary N) is 1. The van der Waals surface area contributed by atoms with Crippen molar-refractivity contribution in [2.45, 2.75) is 25.3 Å². The van der Waals surface area contributed by atoms with Crippen LogP contribution in [0.4, 0.5) is 5.82 Å². The van der Waals surface area contributed by atoms with Crippen LogP contribution in [0.25, 0.3) is 0 Å². The second-order valence-corrected chi connectivity index (χ2v) is 6.24. The highest BCUT2D eigenvalue weighted by Gasteiger charge is 2.36. The smallest absolute Gasteiger partial charge is 0.322 e. The number of carbonyl (C=O) groups is 1. The van der Waals surface area contributed by atoms with E-state index in [1.54, 1.807) is 0 Å². The Hall–Kier alpha value is -1.45. The number of hydrogen-bond donors (Lipinski definition) is 2. The summed E-state index contributed by atoms with van der Waals surface area (Å²) in [5, 5.41) is 9.00. The molecule has 1 unspecified atom stereocenters. The SMILES string of the molecule is O=C(O)C1CCCCN1S(=O)(=O)Nc1ccnc(Cl)n1. The summed E-state index contributed by atoms with van der Waals surface area (Å²) in [6.45, 7) is 0.158. The molecule has 8 nitrogen and oxygen atoms in total. The Kier molecular flexibility index (Phi) is 4.41. The van der Waals surface area contributed by atoms with Crippen LogP contribution in [-0.2, 0) is 15.0 Å². The minimum atomic E-state index is -3.99. The van der Waals surface area contributed by atoms with Gasteiger partial charge in [0.25, 0.3) is 0 Å². The van der Waals surface area contributed by atoms with Gasteiger partial charge in [0.05, 0.1) is 0 Å². The Morgan fingerprint density at radius 3 is 2.90 bits per heavy atom. The molecule has 10 heteroatoms. The molecule has 0 amide bonds. The number of rotatable bonds is 4. The zero-order chi connectivity index (χ0) is 14.8. The number of anilines is 1. The molecule has 0 aromatic carbocycles. The van der Waals surface area contributed by atoms with Crippen LogP contribution in [0, 0.1) is 0 Å². The van der Waals surface area contributed by atoms with Crippen LogP contribution in [0.3, 0.4) is 0 Å². The first-order valence-electron chi connectivity index (χ1n) is 5.91. The van der Waals surface area contributed by atoms with Crippen molar-refractivity contribution in [1.82, 2.24) is 14.3 Å². The third-order valence-electron chi connectivity index (χ3n) is 2.91. The minimum absolute atomic E-state index is 0.000266. The van der Waals surface area contributed by atoms with Gasteiger partial charge in [-0.15, -0.1) is 0 Å². The number of halogens is 1. The lowest BCUT2D eigenvalue weighted by molar-refractivity contribution is -0.142. The van der Waals surface area contributed by atoms with Crippen molar-refractivity contribution in [3.05, 3.63) is 17.5 Å². The van der Waals surface area contributed by atoms with E-state index in [0.717, 1.165) is 4.31 Å². The second kappa shape index (κ2) is 5.90. The van der Waals surface area contributed by atoms with Crippen molar-refractivity contribution in [2.24, 2.45) is 0 Å². The molecule has 1 saturated heterocycles. The Balaban J connectivity index is 2.22. The molecule has 20 heavy (non-hydrogen) atoms. The summed E-state index contributed by atoms with van der Waals surface area (Å²) < 4.78 is 27.6. The van der Waals surface area contributed by atoms with Crippen LogP contribution in [0.15, 0.2) is 12.3 Å². The van der Waals surface area contributed by atoms with E-state index in [9.17, 15) is 13.2 Å². The first kappa shape index (κ1) is 14.9. The zero-order valence-corrected chi connectivity index (χ0v) is 11.9. The molecule has 1 fully saturated rings. The van der Waals surface area contributed by atoms with E-state index in [2.05, 4.69) is 14.7 Å². The van der Waals surface area contributed by atoms with E-state index < -0.39 is 22.2 Å². The van der Waals surface area contributed by atoms with Gasteiger partial charge in [-0.1, -0.05) is 0 Å². The van der Waals surface area contributed by atoms with Gasteiger partial charge in [0, 0.05) is 12.7 Å². The van der Waals surface area contributed by atoms with Crippen LogP contribution >= 0.6 is 11.6 Å². The lowest BCUT2D eigenvalue weighted by Crippen LogP contribution is -2.50. The monoisotopic (exact) mass is 320 g/mol. The highest BCUT2D eigenvalue weighted by Crippen LogP contribution is 2.22. The fraction of sp³-hybridized carbons (Fsp3) is 0.500. The van der Waals surface area contributed by atoms with E-state index in [1.165, 1.54) is 12.3 Å². The maximum atomic E-state index is 12.2. The third kappa shape index (κ3) is 3.35. The number of nitrogens with zero attached hydrogens (tertiary/aromatic N) is 3. The molecule has 0 radical (unpaired) electrons. The Morgan fingerprint density at radius 1 is 1.50 bits per heavy atom. The summed E-state index contributed by atoms with van der Waals surface area (Å²) in [5.41, 5.74) is 0. The first-order valence-corrected chi connectivity index (χ1v) is 7.73. The van der Waals surface area contributed by atoms with Gasteiger partial charge in [0.1, 0.15) is 11.9 Å². The molecule has 1 aliphatic heterocycles. The van der Waals surface area contributed by atoms with Crippen molar-refractivity contribution >= 4 is 33.6 Å². The summed E-state index contributed by atoms with van der Waals surface area (Å²) in [6.07, 6.45) is 2.90. The van der Waals surface area contributed by atoms with Crippen molar-refractivity contribution in [2.75, 3.05) is 11.3 Å². The lowest BCUT2D eigenvalue weighted by Gasteiger charge is -2.31. The number of carboxylic acid groups (broad SMARTS) is 1. The standard InChI is InChI=1S/C10H13ClN4O4S/c11-10-12-5-4-8(13-10)14-20(18,19)15-6-2-1-3-7(15)9(16)17/h4-5,7H,1-3,6H2,(H,16,17)(H,12,13,14). The van der Waals surface area contributed by atoms with Crippen molar-refractivity contribution in [3.8, 4) is 0 Å². The Bertz CT molecular complexity index is 609. The summed E-state index contributed by atoms with van der Waals surface area (Å²) in [4.78, 5) is 18.5. The molecule has 2 heterocycles. The van der Waals surface area contributed by atoms with Gasteiger partial charge >= 0.3 is 16.2 Å². The van der Waals surface area contributed by atoms with Crippen LogP contribution in [0.2, 0.25) is 5.28 Å². The normalized spacial score (nSPS) is 20.6. The minimum Gasteiger partial charge on any atom is -0.480 e. The zero-order valence-electron chi connectivity index (χ0n) is 10.4. The fourth-order valence-electron chi connectivity index (χ4n) is 2.02. The van der Waals surface area contributed by atoms with Gasteiger partial charge in [-0.05, 0) is 36.9 Å². The molecule has 0 spiro atoms. The molecule has 1 aromatic rings. The molecule has 1 atom stereocenters. The average Bonchev–Trinajstić information content (AvgIpc) is 2.38. The highest BCUT2D eigenvalue weighted by molar-refractivity contribution is 7.90. The summed E-state index contributed by atoms with van der Waals surface area (Å²) in [5.74, 6) is -1.16. The van der Waals surface area contributed by atoms with E-state index in [0.29, 0.717) is 19.3 Å². The van der Waals surface area contributed by atoms with E-state index in [-0.39, 0.29) is 17.6 Å². The van der Waals surface area contributed by atoms with Gasteiger partial charge in [0.15, 0.2) is 0 Å². The molecule has 1 aliphatic rings. The Morgan fingerprint density at radius 2 is 2.25 bits per heavy atom. The number of hydrogen-bond acceptors (Lipinski definition) is 5. The number of carboxylic acids is 1. The fourth-order valence-corrected chi connectivity index (χ4v) is 3.56. The predicted molar refractivity (Wildman–Crippen MR) is 71.6 cm³/mol. The Labute approximate surface area is 121 Å². The van der Waals surface area contributed by atoms with Crippen LogP contribution in [0.1, 0.15) is 19.3 Å². The molecule has 0 bridgehead atoms. The molecule has 2 rings (SSSR count). The van der Waals surface area contributed by atoms with Gasteiger partial charge in [-0.3, -0.25) is 9.52 Å². The lowest BCUT2D eigenvalue weighted by atomic mass is 10.1. The summed E-state index contributed by atoms with van der Waals surface area (Å²) in [6, 6.07) is 0.280. The topological polar surface area (TPSA) is 112 Å². The second-order valence-electron chi connectivity index (χ2n) is 4.28. The predicted octanol–water partition coefficient (Wildman–Crippen LogP) is 0.726. The van der Waals surface area contributed by atoms with Crippen molar-refractivity contribution < 1.29 is 18.3 Å². The van der Waals surface area contributed by atoms with E-state index in [4.69, 9.17) is 16.7 Å². The number of aliphatic carboxylic acids is 1. The molecule has 1 aromatic heterocycles. The van der Waals surface area contributed by atoms with E-state index in [1.807, 2.05) is 0 Å². The van der Waals surface area contributed by atoms with Gasteiger partial charge in [0.2, 0.25) is 5.28 Å². The maximum Gasteiger partial charge on any atom is 0.322 e. The van der Waals surface area contributed by atoms with Crippen molar-refractivity contribution in [1.29, 1.82) is 0 Å². The average molecular weight is 321 g/mol. The van der Waals surface area contributed by atoms with Crippen molar-refractivity contribution in [3.63, 3.8) is 0 Å². The molecular formula is C10H13ClN4O4S. The largest absolute Gasteiger partial charge is 0.480 e. The first-order chi connectivity index (χ1) is 9.40. The third-order valence-corrected chi connectivity index (χ3v) is 4.61. The summed E-state index contributed by atoms with van der Waals surface area (Å²) in [7, 11) is -3.99. The van der Waals surface area contributed by atoms with Crippen LogP contribution in [0.5, 0.6) is 0 Å². The van der Waals surface area contributed by atoms with Crippen LogP contribution in [-0.4, -0.2) is 46.4 Å². The molecule has 2 N–H and O–H groups in total. The number of piperidine rings is 1. The molecule has 110 valence electrons. The summed E-state index contributed by atoms with van der Waals surface area (Å²) >= 11 is 5.57. The molecule has 0 aliphatic carbocycles. The molecule has 0 saturated carbocycles. The molecular weight excluding hydrogens is 308 g/mol. The van der Waals surface area contributed by atoms with Crippen LogP contribution < -0.4 is 4.72 Å². The number of aromatic nitrogens is 2. The van der Waals surface area contributed by atoms with Gasteiger partial charge < -0.3 is 5.11 Å².